The fraction of sp³-hybridized carbons (Fsp3) is 1.00. The van der Waals surface area contributed by atoms with Gasteiger partial charge in [-0.05, 0) is 39.7 Å². The van der Waals surface area contributed by atoms with Crippen LogP contribution in [-0.2, 0) is 0 Å². The normalized spacial score (nSPS) is 15.2. The van der Waals surface area contributed by atoms with E-state index < -0.39 is 0 Å². The molecule has 74 valence electrons. The van der Waals surface area contributed by atoms with Crippen LogP contribution in [0.25, 0.3) is 0 Å². The first kappa shape index (κ1) is 12.2. The lowest BCUT2D eigenvalue weighted by Gasteiger charge is -2.29. The Kier molecular flexibility index (Phi) is 5.19. The number of rotatable bonds is 5. The monoisotopic (exact) mass is 191 g/mol. The number of nitrogens with one attached hydrogen (secondary N) is 1. The zero-order valence-electron chi connectivity index (χ0n) is 8.95. The predicted molar refractivity (Wildman–Crippen MR) is 56.9 cm³/mol. The van der Waals surface area contributed by atoms with Crippen molar-refractivity contribution in [1.29, 1.82) is 0 Å². The van der Waals surface area contributed by atoms with Crippen molar-refractivity contribution in [3.8, 4) is 0 Å². The maximum atomic E-state index is 6.02. The van der Waals surface area contributed by atoms with Crippen LogP contribution in [0, 0.1) is 5.92 Å². The average Bonchev–Trinajstić information content (AvgIpc) is 1.85. The Labute approximate surface area is 81.9 Å². The maximum absolute atomic E-state index is 6.02. The third kappa shape index (κ3) is 5.00. The van der Waals surface area contributed by atoms with Crippen LogP contribution in [0.4, 0.5) is 0 Å². The van der Waals surface area contributed by atoms with Gasteiger partial charge in [-0.1, -0.05) is 13.8 Å². The molecule has 0 amide bonds. The van der Waals surface area contributed by atoms with Crippen LogP contribution >= 0.6 is 11.6 Å². The summed E-state index contributed by atoms with van der Waals surface area (Å²) < 4.78 is 0. The van der Waals surface area contributed by atoms with Crippen molar-refractivity contribution < 1.29 is 0 Å². The average molecular weight is 192 g/mol. The number of alkyl halides is 1. The van der Waals surface area contributed by atoms with Gasteiger partial charge in [0.05, 0.1) is 0 Å². The Hall–Kier alpha value is 0.250. The molecule has 0 spiro atoms. The molecule has 0 aliphatic rings. The second-order valence-corrected chi connectivity index (χ2v) is 5.10. The summed E-state index contributed by atoms with van der Waals surface area (Å²) in [5.74, 6) is 0.763. The summed E-state index contributed by atoms with van der Waals surface area (Å²) in [6, 6.07) is 0. The third-order valence-corrected chi connectivity index (χ3v) is 2.84. The van der Waals surface area contributed by atoms with Crippen molar-refractivity contribution in [2.75, 3.05) is 6.54 Å². The van der Waals surface area contributed by atoms with Gasteiger partial charge >= 0.3 is 0 Å². The van der Waals surface area contributed by atoms with E-state index in [0.717, 1.165) is 12.5 Å². The minimum Gasteiger partial charge on any atom is -0.310 e. The summed E-state index contributed by atoms with van der Waals surface area (Å²) in [7, 11) is 0. The molecule has 0 aromatic rings. The Morgan fingerprint density at radius 3 is 2.08 bits per heavy atom. The van der Waals surface area contributed by atoms with E-state index in [1.807, 2.05) is 6.92 Å². The van der Waals surface area contributed by atoms with E-state index in [1.54, 1.807) is 0 Å². The second kappa shape index (κ2) is 5.08. The largest absolute Gasteiger partial charge is 0.310 e. The highest BCUT2D eigenvalue weighted by Gasteiger charge is 2.22. The maximum Gasteiger partial charge on any atom is 0.0484 e. The molecule has 2 heteroatoms. The zero-order valence-corrected chi connectivity index (χ0v) is 9.70. The standard InChI is InChI=1S/C10H22ClN/c1-8(2)6-7-12-10(4,5)9(3)11/h8-9,12H,6-7H2,1-5H3. The van der Waals surface area contributed by atoms with Gasteiger partial charge in [0.2, 0.25) is 0 Å². The molecule has 1 N–H and O–H groups in total. The first-order valence-corrected chi connectivity index (χ1v) is 5.19. The van der Waals surface area contributed by atoms with Crippen molar-refractivity contribution in [3.63, 3.8) is 0 Å². The fourth-order valence-electron chi connectivity index (χ4n) is 0.824. The summed E-state index contributed by atoms with van der Waals surface area (Å²) in [4.78, 5) is 0. The Balaban J connectivity index is 3.61. The number of hydrogen-bond donors (Lipinski definition) is 1. The molecule has 0 saturated carbocycles. The fourth-order valence-corrected chi connectivity index (χ4v) is 0.901. The highest BCUT2D eigenvalue weighted by Crippen LogP contribution is 2.14. The van der Waals surface area contributed by atoms with Crippen LogP contribution in [0.1, 0.15) is 41.0 Å². The van der Waals surface area contributed by atoms with Crippen molar-refractivity contribution in [3.05, 3.63) is 0 Å². The summed E-state index contributed by atoms with van der Waals surface area (Å²) in [6.07, 6.45) is 1.22. The Morgan fingerprint density at radius 1 is 1.25 bits per heavy atom. The van der Waals surface area contributed by atoms with Crippen molar-refractivity contribution in [1.82, 2.24) is 5.32 Å². The smallest absolute Gasteiger partial charge is 0.0484 e. The van der Waals surface area contributed by atoms with Gasteiger partial charge < -0.3 is 5.32 Å². The Morgan fingerprint density at radius 2 is 1.75 bits per heavy atom. The van der Waals surface area contributed by atoms with Gasteiger partial charge in [0.1, 0.15) is 0 Å². The molecule has 0 aromatic heterocycles. The van der Waals surface area contributed by atoms with Crippen molar-refractivity contribution in [2.45, 2.75) is 52.0 Å². The lowest BCUT2D eigenvalue weighted by molar-refractivity contribution is 0.366. The van der Waals surface area contributed by atoms with E-state index in [4.69, 9.17) is 11.6 Å². The molecule has 0 aromatic carbocycles. The van der Waals surface area contributed by atoms with Crippen LogP contribution in [0.15, 0.2) is 0 Å². The quantitative estimate of drug-likeness (QED) is 0.659. The van der Waals surface area contributed by atoms with Crippen LogP contribution in [0.5, 0.6) is 0 Å². The minimum atomic E-state index is 0.0520. The summed E-state index contributed by atoms with van der Waals surface area (Å²) in [6.45, 7) is 11.8. The van der Waals surface area contributed by atoms with Crippen LogP contribution in [0.2, 0.25) is 0 Å². The van der Waals surface area contributed by atoms with Crippen molar-refractivity contribution >= 4 is 11.6 Å². The van der Waals surface area contributed by atoms with Gasteiger partial charge in [0.15, 0.2) is 0 Å². The molecule has 0 rings (SSSR count). The van der Waals surface area contributed by atoms with Gasteiger partial charge in [0.25, 0.3) is 0 Å². The highest BCUT2D eigenvalue weighted by molar-refractivity contribution is 6.21. The molecule has 0 aliphatic carbocycles. The molecule has 0 aliphatic heterocycles. The van der Waals surface area contributed by atoms with Gasteiger partial charge in [-0.15, -0.1) is 11.6 Å². The van der Waals surface area contributed by atoms with E-state index in [-0.39, 0.29) is 10.9 Å². The molecule has 0 bridgehead atoms. The lowest BCUT2D eigenvalue weighted by atomic mass is 10.0. The SMILES string of the molecule is CC(C)CCNC(C)(C)C(C)Cl. The number of halogens is 1. The number of hydrogen-bond acceptors (Lipinski definition) is 1. The van der Waals surface area contributed by atoms with E-state index in [0.29, 0.717) is 0 Å². The molecule has 1 unspecified atom stereocenters. The molecular weight excluding hydrogens is 170 g/mol. The van der Waals surface area contributed by atoms with Gasteiger partial charge in [0, 0.05) is 10.9 Å². The first-order chi connectivity index (χ1) is 5.36. The van der Waals surface area contributed by atoms with Crippen LogP contribution < -0.4 is 5.32 Å². The molecule has 0 heterocycles. The summed E-state index contributed by atoms with van der Waals surface area (Å²) >= 11 is 6.02. The first-order valence-electron chi connectivity index (χ1n) is 4.75. The van der Waals surface area contributed by atoms with Crippen LogP contribution in [0.3, 0.4) is 0 Å². The van der Waals surface area contributed by atoms with Gasteiger partial charge in [-0.3, -0.25) is 0 Å². The minimum absolute atomic E-state index is 0.0520. The van der Waals surface area contributed by atoms with E-state index in [9.17, 15) is 0 Å². The predicted octanol–water partition coefficient (Wildman–Crippen LogP) is 3.03. The van der Waals surface area contributed by atoms with Gasteiger partial charge in [-0.25, -0.2) is 0 Å². The summed E-state index contributed by atoms with van der Waals surface area (Å²) in [5, 5.41) is 3.63. The summed E-state index contributed by atoms with van der Waals surface area (Å²) in [5.41, 5.74) is 0.0520. The molecule has 1 nitrogen and oxygen atoms in total. The van der Waals surface area contributed by atoms with Crippen LogP contribution in [-0.4, -0.2) is 17.5 Å². The Bertz CT molecular complexity index is 119. The van der Waals surface area contributed by atoms with Gasteiger partial charge in [-0.2, -0.15) is 0 Å². The molecule has 0 fully saturated rings. The zero-order chi connectivity index (χ0) is 9.78. The third-order valence-electron chi connectivity index (χ3n) is 2.30. The van der Waals surface area contributed by atoms with E-state index in [2.05, 4.69) is 33.0 Å². The molecule has 0 saturated heterocycles. The molecule has 12 heavy (non-hydrogen) atoms. The topological polar surface area (TPSA) is 12.0 Å². The van der Waals surface area contributed by atoms with E-state index >= 15 is 0 Å². The highest BCUT2D eigenvalue weighted by atomic mass is 35.5. The molecule has 0 radical (unpaired) electrons. The second-order valence-electron chi connectivity index (χ2n) is 4.45. The van der Waals surface area contributed by atoms with E-state index in [1.165, 1.54) is 6.42 Å². The van der Waals surface area contributed by atoms with Crippen molar-refractivity contribution in [2.24, 2.45) is 5.92 Å². The molecular formula is C10H22ClN. The molecule has 1 atom stereocenters. The lowest BCUT2D eigenvalue weighted by Crippen LogP contribution is -2.46.